The maximum atomic E-state index is 9.84. The molecule has 0 aliphatic rings. The number of unbranched alkanes of at least 4 members (excludes halogenated alkanes) is 1. The number of hydrogen-bond acceptors (Lipinski definition) is 1. The predicted molar refractivity (Wildman–Crippen MR) is 59.1 cm³/mol. The van der Waals surface area contributed by atoms with Gasteiger partial charge in [0.1, 0.15) is 0 Å². The normalized spacial score (nSPS) is 12.8. The Labute approximate surface area is 88.7 Å². The molecule has 1 aromatic carbocycles. The van der Waals surface area contributed by atoms with Crippen LogP contribution in [0.3, 0.4) is 0 Å². The molecule has 1 N–H and O–H groups in total. The zero-order valence-electron chi connectivity index (χ0n) is 8.03. The summed E-state index contributed by atoms with van der Waals surface area (Å²) in [6.07, 6.45) is 2.87. The van der Waals surface area contributed by atoms with Crippen molar-refractivity contribution in [3.05, 3.63) is 29.8 Å². The van der Waals surface area contributed by atoms with Gasteiger partial charge in [0.25, 0.3) is 0 Å². The first-order valence-corrected chi connectivity index (χ1v) is 5.99. The van der Waals surface area contributed by atoms with Crippen molar-refractivity contribution < 1.29 is 5.11 Å². The van der Waals surface area contributed by atoms with Gasteiger partial charge in [0.05, 0.1) is 0 Å². The van der Waals surface area contributed by atoms with Crippen molar-refractivity contribution >= 4 is 21.2 Å². The molecule has 1 rings (SSSR count). The summed E-state index contributed by atoms with van der Waals surface area (Å²) in [6.45, 7) is 2.15. The van der Waals surface area contributed by atoms with Crippen LogP contribution in [-0.4, -0.2) is 22.0 Å². The minimum absolute atomic E-state index is 0.261. The van der Waals surface area contributed by atoms with E-state index in [2.05, 4.69) is 13.0 Å². The molecule has 0 radical (unpaired) electrons. The van der Waals surface area contributed by atoms with Gasteiger partial charge < -0.3 is 0 Å². The number of benzene rings is 1. The average molecular weight is 240 g/mol. The minimum atomic E-state index is -0.261. The fraction of sp³-hybridized carbons (Fsp3) is 0.455. The van der Waals surface area contributed by atoms with Gasteiger partial charge in [-0.15, -0.1) is 0 Å². The molecule has 0 fully saturated rings. The molecule has 1 aromatic rings. The topological polar surface area (TPSA) is 20.2 Å². The second-order valence-corrected chi connectivity index (χ2v) is 4.59. The fourth-order valence-electron chi connectivity index (χ4n) is 1.37. The Morgan fingerprint density at radius 3 is 2.69 bits per heavy atom. The van der Waals surface area contributed by atoms with Gasteiger partial charge in [0.15, 0.2) is 0 Å². The second-order valence-electron chi connectivity index (χ2n) is 3.29. The summed E-state index contributed by atoms with van der Waals surface area (Å²) in [4.78, 5) is 0. The molecule has 0 heterocycles. The van der Waals surface area contributed by atoms with Crippen LogP contribution in [0.15, 0.2) is 24.3 Å². The van der Waals surface area contributed by atoms with Crippen LogP contribution < -0.4 is 4.35 Å². The van der Waals surface area contributed by atoms with Crippen molar-refractivity contribution in [2.45, 2.75) is 32.3 Å². The van der Waals surface area contributed by atoms with Gasteiger partial charge in [-0.1, -0.05) is 0 Å². The van der Waals surface area contributed by atoms with Crippen LogP contribution in [-0.2, 0) is 0 Å². The molecule has 2 heteroatoms. The van der Waals surface area contributed by atoms with Gasteiger partial charge in [0.2, 0.25) is 0 Å². The van der Waals surface area contributed by atoms with Crippen LogP contribution in [0, 0.1) is 0 Å². The van der Waals surface area contributed by atoms with Gasteiger partial charge in [0, 0.05) is 0 Å². The van der Waals surface area contributed by atoms with E-state index in [1.165, 1.54) is 4.35 Å². The van der Waals surface area contributed by atoms with E-state index in [0.717, 1.165) is 24.8 Å². The van der Waals surface area contributed by atoms with E-state index >= 15 is 0 Å². The molecule has 0 amide bonds. The molecule has 72 valence electrons. The van der Waals surface area contributed by atoms with Crippen LogP contribution in [0.4, 0.5) is 0 Å². The zero-order valence-corrected chi connectivity index (χ0v) is 10.5. The SMILES string of the molecule is CCCCC(O)c1ccccc1[AsH2]. The molecular weight excluding hydrogens is 223 g/mol. The molecule has 13 heavy (non-hydrogen) atoms. The summed E-state index contributed by atoms with van der Waals surface area (Å²) in [7, 11) is 0. The van der Waals surface area contributed by atoms with Crippen molar-refractivity contribution in [2.75, 3.05) is 0 Å². The van der Waals surface area contributed by atoms with Crippen LogP contribution in [0.25, 0.3) is 0 Å². The summed E-state index contributed by atoms with van der Waals surface area (Å²) in [5, 5.41) is 9.84. The van der Waals surface area contributed by atoms with Crippen molar-refractivity contribution in [2.24, 2.45) is 0 Å². The quantitative estimate of drug-likeness (QED) is 0.783. The van der Waals surface area contributed by atoms with Crippen molar-refractivity contribution in [3.8, 4) is 0 Å². The van der Waals surface area contributed by atoms with E-state index in [4.69, 9.17) is 0 Å². The summed E-state index contributed by atoms with van der Waals surface area (Å²) in [5.41, 5.74) is 1.11. The molecule has 2 atom stereocenters. The average Bonchev–Trinajstić information content (AvgIpc) is 2.15. The van der Waals surface area contributed by atoms with Crippen molar-refractivity contribution in [1.82, 2.24) is 0 Å². The summed E-state index contributed by atoms with van der Waals surface area (Å²) < 4.78 is 1.25. The maximum absolute atomic E-state index is 9.84. The zero-order chi connectivity index (χ0) is 9.68. The first kappa shape index (κ1) is 10.8. The van der Waals surface area contributed by atoms with Crippen LogP contribution in [0.2, 0.25) is 0 Å². The Hall–Kier alpha value is -0.262. The third-order valence-corrected chi connectivity index (χ3v) is 3.29. The van der Waals surface area contributed by atoms with Crippen LogP contribution in [0.1, 0.15) is 37.9 Å². The van der Waals surface area contributed by atoms with Crippen LogP contribution in [0.5, 0.6) is 0 Å². The Morgan fingerprint density at radius 2 is 2.08 bits per heavy atom. The van der Waals surface area contributed by atoms with E-state index < -0.39 is 0 Å². The monoisotopic (exact) mass is 240 g/mol. The number of rotatable bonds is 4. The van der Waals surface area contributed by atoms with Crippen LogP contribution >= 0.6 is 0 Å². The molecule has 0 bridgehead atoms. The third kappa shape index (κ3) is 3.17. The third-order valence-electron chi connectivity index (χ3n) is 2.19. The molecular formula is C11H17AsO. The van der Waals surface area contributed by atoms with Crippen molar-refractivity contribution in [3.63, 3.8) is 0 Å². The summed E-state index contributed by atoms with van der Waals surface area (Å²) in [5.74, 6) is 0. The molecule has 0 saturated heterocycles. The first-order valence-electron chi connectivity index (χ1n) is 4.78. The summed E-state index contributed by atoms with van der Waals surface area (Å²) >= 11 is 1.59. The summed E-state index contributed by atoms with van der Waals surface area (Å²) in [6, 6.07) is 8.11. The number of hydrogen-bond donors (Lipinski definition) is 1. The molecule has 2 unspecified atom stereocenters. The molecule has 1 nitrogen and oxygen atoms in total. The predicted octanol–water partition coefficient (Wildman–Crippen LogP) is 1.17. The Morgan fingerprint density at radius 1 is 1.38 bits per heavy atom. The molecule has 0 aliphatic carbocycles. The van der Waals surface area contributed by atoms with E-state index in [0.29, 0.717) is 0 Å². The van der Waals surface area contributed by atoms with E-state index in [-0.39, 0.29) is 6.10 Å². The molecule has 0 aliphatic heterocycles. The molecule has 0 aromatic heterocycles. The van der Waals surface area contributed by atoms with Gasteiger partial charge in [-0.3, -0.25) is 0 Å². The number of aliphatic hydroxyl groups is 1. The standard InChI is InChI=1S/C11H17AsO/c1-2-3-8-11(13)9-6-4-5-7-10(9)12/h4-7,11,13H,2-3,8,12H2,1H3. The molecule has 0 saturated carbocycles. The van der Waals surface area contributed by atoms with Crippen molar-refractivity contribution in [1.29, 1.82) is 0 Å². The van der Waals surface area contributed by atoms with Gasteiger partial charge in [-0.25, -0.2) is 0 Å². The van der Waals surface area contributed by atoms with Gasteiger partial charge >= 0.3 is 88.4 Å². The number of aliphatic hydroxyl groups excluding tert-OH is 1. The van der Waals surface area contributed by atoms with E-state index in [1.54, 1.807) is 16.9 Å². The fourth-order valence-corrected chi connectivity index (χ4v) is 2.21. The van der Waals surface area contributed by atoms with Gasteiger partial charge in [-0.05, 0) is 0 Å². The molecule has 0 spiro atoms. The second kappa shape index (κ2) is 5.46. The van der Waals surface area contributed by atoms with Gasteiger partial charge in [-0.2, -0.15) is 0 Å². The van der Waals surface area contributed by atoms with E-state index in [1.807, 2.05) is 18.2 Å². The first-order chi connectivity index (χ1) is 6.25. The Kier molecular flexibility index (Phi) is 4.55. The van der Waals surface area contributed by atoms with E-state index in [9.17, 15) is 5.11 Å². The Bertz CT molecular complexity index is 260. The Balaban J connectivity index is 2.65.